The van der Waals surface area contributed by atoms with Gasteiger partial charge in [0.15, 0.2) is 12.3 Å². The minimum absolute atomic E-state index is 0.0501. The van der Waals surface area contributed by atoms with Gasteiger partial charge in [-0.05, 0) is 37.0 Å². The summed E-state index contributed by atoms with van der Waals surface area (Å²) in [4.78, 5) is 28.5. The minimum Gasteiger partial charge on any atom is -0.496 e. The van der Waals surface area contributed by atoms with Crippen LogP contribution >= 0.6 is 11.3 Å². The Kier molecular flexibility index (Phi) is 5.75. The van der Waals surface area contributed by atoms with E-state index in [1.54, 1.807) is 30.6 Å². The largest absolute Gasteiger partial charge is 0.496 e. The lowest BCUT2D eigenvalue weighted by Crippen LogP contribution is -3.15. The summed E-state index contributed by atoms with van der Waals surface area (Å²) in [6, 6.07) is 7.26. The predicted molar refractivity (Wildman–Crippen MR) is 108 cm³/mol. The molecule has 0 saturated carbocycles. The number of carbonyl (C=O) groups excluding carboxylic acids is 2. The molecule has 1 amide bonds. The van der Waals surface area contributed by atoms with Crippen LogP contribution in [0.1, 0.15) is 32.8 Å². The maximum absolute atomic E-state index is 13.4. The summed E-state index contributed by atoms with van der Waals surface area (Å²) in [7, 11) is 1.57. The van der Waals surface area contributed by atoms with Crippen LogP contribution in [0.5, 0.6) is 5.75 Å². The molecule has 6 nitrogen and oxygen atoms in total. The second kappa shape index (κ2) is 8.43. The monoisotopic (exact) mass is 401 g/mol. The summed E-state index contributed by atoms with van der Waals surface area (Å²) in [6.45, 7) is 3.44. The van der Waals surface area contributed by atoms with Gasteiger partial charge in [0, 0.05) is 4.88 Å². The van der Waals surface area contributed by atoms with E-state index in [1.807, 2.05) is 12.1 Å². The molecule has 1 fully saturated rings. The van der Waals surface area contributed by atoms with Crippen molar-refractivity contribution in [2.75, 3.05) is 45.3 Å². The van der Waals surface area contributed by atoms with E-state index < -0.39 is 0 Å². The third kappa shape index (κ3) is 3.83. The molecule has 2 aromatic rings. The molecule has 2 heterocycles. The first-order chi connectivity index (χ1) is 13.7. The second-order valence-electron chi connectivity index (χ2n) is 7.18. The first kappa shape index (κ1) is 19.1. The van der Waals surface area contributed by atoms with E-state index in [0.29, 0.717) is 41.6 Å². The summed E-state index contributed by atoms with van der Waals surface area (Å²) in [6.07, 6.45) is 2.91. The average molecular weight is 402 g/mol. The molecule has 4 rings (SSSR count). The van der Waals surface area contributed by atoms with E-state index in [0.717, 1.165) is 37.9 Å². The predicted octanol–water partition coefficient (Wildman–Crippen LogP) is 1.33. The van der Waals surface area contributed by atoms with Gasteiger partial charge in [-0.1, -0.05) is 12.1 Å². The molecule has 148 valence electrons. The highest BCUT2D eigenvalue weighted by Crippen LogP contribution is 2.41. The zero-order valence-electron chi connectivity index (χ0n) is 16.0. The molecule has 0 radical (unpaired) electrons. The average Bonchev–Trinajstić information content (AvgIpc) is 3.29. The number of thiophene rings is 1. The van der Waals surface area contributed by atoms with Crippen LogP contribution < -0.4 is 15.0 Å². The van der Waals surface area contributed by atoms with Crippen LogP contribution in [-0.2, 0) is 22.4 Å². The fourth-order valence-electron chi connectivity index (χ4n) is 3.93. The third-order valence-electron chi connectivity index (χ3n) is 5.36. The van der Waals surface area contributed by atoms with Crippen molar-refractivity contribution >= 4 is 28.0 Å². The normalized spacial score (nSPS) is 16.6. The van der Waals surface area contributed by atoms with Crippen LogP contribution in [0.2, 0.25) is 0 Å². The molecule has 1 aliphatic heterocycles. The van der Waals surface area contributed by atoms with Crippen LogP contribution in [0.15, 0.2) is 24.3 Å². The van der Waals surface area contributed by atoms with Gasteiger partial charge in [-0.2, -0.15) is 0 Å². The van der Waals surface area contributed by atoms with Crippen molar-refractivity contribution in [1.29, 1.82) is 0 Å². The first-order valence-electron chi connectivity index (χ1n) is 9.70. The van der Waals surface area contributed by atoms with Crippen LogP contribution in [0.4, 0.5) is 5.00 Å². The second-order valence-corrected chi connectivity index (χ2v) is 8.28. The number of ketones is 1. The lowest BCUT2D eigenvalue weighted by Gasteiger charge is -2.23. The van der Waals surface area contributed by atoms with Crippen molar-refractivity contribution < 1.29 is 24.0 Å². The summed E-state index contributed by atoms with van der Waals surface area (Å²) >= 11 is 1.55. The summed E-state index contributed by atoms with van der Waals surface area (Å²) in [5.74, 6) is 0.428. The Morgan fingerprint density at radius 3 is 2.79 bits per heavy atom. The van der Waals surface area contributed by atoms with Crippen molar-refractivity contribution in [2.45, 2.75) is 19.3 Å². The number of ether oxygens (including phenoxy) is 2. The smallest absolute Gasteiger partial charge is 0.280 e. The standard InChI is InChI=1S/C21H24N2O4S/c1-26-16-7-3-2-5-14(16)20(25)19-15-6-4-8-17(15)28-21(19)22-18(24)13-23-9-11-27-12-10-23/h2-3,5,7H,4,6,8-13H2,1H3,(H,22,24)/p+1. The minimum atomic E-state index is -0.0779. The fourth-order valence-corrected chi connectivity index (χ4v) is 5.24. The van der Waals surface area contributed by atoms with Gasteiger partial charge >= 0.3 is 0 Å². The van der Waals surface area contributed by atoms with Gasteiger partial charge in [-0.3, -0.25) is 9.59 Å². The van der Waals surface area contributed by atoms with Gasteiger partial charge in [0.1, 0.15) is 23.8 Å². The number of nitrogens with one attached hydrogen (secondary N) is 2. The molecule has 28 heavy (non-hydrogen) atoms. The quantitative estimate of drug-likeness (QED) is 0.717. The highest BCUT2D eigenvalue weighted by molar-refractivity contribution is 7.17. The number of anilines is 1. The van der Waals surface area contributed by atoms with Gasteiger partial charge < -0.3 is 19.7 Å². The van der Waals surface area contributed by atoms with Gasteiger partial charge in [-0.15, -0.1) is 11.3 Å². The molecular formula is C21H25N2O4S+. The fraction of sp³-hybridized carbons (Fsp3) is 0.429. The van der Waals surface area contributed by atoms with Crippen LogP contribution in [0.3, 0.4) is 0 Å². The first-order valence-corrected chi connectivity index (χ1v) is 10.5. The summed E-state index contributed by atoms with van der Waals surface area (Å²) in [5, 5.41) is 3.71. The van der Waals surface area contributed by atoms with Gasteiger partial charge in [0.05, 0.1) is 31.5 Å². The van der Waals surface area contributed by atoms with Gasteiger partial charge in [-0.25, -0.2) is 0 Å². The number of morpholine rings is 1. The molecule has 2 N–H and O–H groups in total. The van der Waals surface area contributed by atoms with Crippen LogP contribution in [0, 0.1) is 0 Å². The van der Waals surface area contributed by atoms with Crippen molar-refractivity contribution in [2.24, 2.45) is 0 Å². The molecule has 7 heteroatoms. The number of carbonyl (C=O) groups is 2. The number of hydrogen-bond donors (Lipinski definition) is 2. The zero-order valence-corrected chi connectivity index (χ0v) is 16.8. The number of fused-ring (bicyclic) bond motifs is 1. The molecule has 0 unspecified atom stereocenters. The van der Waals surface area contributed by atoms with Crippen LogP contribution in [0.25, 0.3) is 0 Å². The van der Waals surface area contributed by atoms with E-state index in [4.69, 9.17) is 9.47 Å². The molecule has 0 spiro atoms. The van der Waals surface area contributed by atoms with E-state index >= 15 is 0 Å². The topological polar surface area (TPSA) is 69.1 Å². The van der Waals surface area contributed by atoms with Crippen molar-refractivity contribution in [3.8, 4) is 5.75 Å². The Hall–Kier alpha value is -2.22. The Morgan fingerprint density at radius 1 is 1.21 bits per heavy atom. The van der Waals surface area contributed by atoms with E-state index in [9.17, 15) is 9.59 Å². The van der Waals surface area contributed by atoms with Crippen molar-refractivity contribution in [1.82, 2.24) is 0 Å². The SMILES string of the molecule is COc1ccccc1C(=O)c1c(NC(=O)C[NH+]2CCOCC2)sc2c1CCC2. The Morgan fingerprint density at radius 2 is 2.00 bits per heavy atom. The number of benzene rings is 1. The molecular weight excluding hydrogens is 376 g/mol. The molecule has 1 aliphatic carbocycles. The number of rotatable bonds is 6. The number of methoxy groups -OCH3 is 1. The number of amides is 1. The van der Waals surface area contributed by atoms with Gasteiger partial charge in [0.25, 0.3) is 5.91 Å². The molecule has 2 aliphatic rings. The van der Waals surface area contributed by atoms with E-state index in [1.165, 1.54) is 9.78 Å². The molecule has 0 atom stereocenters. The summed E-state index contributed by atoms with van der Waals surface area (Å²) < 4.78 is 10.7. The molecule has 1 aromatic heterocycles. The maximum atomic E-state index is 13.4. The van der Waals surface area contributed by atoms with Gasteiger partial charge in [0.2, 0.25) is 0 Å². The zero-order chi connectivity index (χ0) is 19.5. The lowest BCUT2D eigenvalue weighted by molar-refractivity contribution is -0.899. The maximum Gasteiger partial charge on any atom is 0.280 e. The van der Waals surface area contributed by atoms with E-state index in [2.05, 4.69) is 5.32 Å². The number of hydrogen-bond acceptors (Lipinski definition) is 5. The molecule has 1 aromatic carbocycles. The third-order valence-corrected chi connectivity index (χ3v) is 6.57. The number of para-hydroxylation sites is 1. The highest BCUT2D eigenvalue weighted by Gasteiger charge is 2.30. The summed E-state index contributed by atoms with van der Waals surface area (Å²) in [5.41, 5.74) is 2.27. The highest BCUT2D eigenvalue weighted by atomic mass is 32.1. The van der Waals surface area contributed by atoms with Crippen molar-refractivity contribution in [3.63, 3.8) is 0 Å². The Labute approximate surface area is 168 Å². The molecule has 0 bridgehead atoms. The van der Waals surface area contributed by atoms with E-state index in [-0.39, 0.29) is 11.7 Å². The Balaban J connectivity index is 1.60. The van der Waals surface area contributed by atoms with Crippen molar-refractivity contribution in [3.05, 3.63) is 45.8 Å². The lowest BCUT2D eigenvalue weighted by atomic mass is 9.99. The number of aryl methyl sites for hydroxylation is 1. The number of quaternary nitrogens is 1. The Bertz CT molecular complexity index is 887. The van der Waals surface area contributed by atoms with Crippen LogP contribution in [-0.4, -0.2) is 51.6 Å². The molecule has 1 saturated heterocycles.